The Hall–Kier alpha value is -0.503. The number of rotatable bonds is 14. The van der Waals surface area contributed by atoms with E-state index in [2.05, 4.69) is 94.9 Å². The van der Waals surface area contributed by atoms with E-state index in [0.29, 0.717) is 18.4 Å². The summed E-state index contributed by atoms with van der Waals surface area (Å²) in [6, 6.07) is 0. The first-order valence-corrected chi connectivity index (χ1v) is 15.2. The molecule has 0 aromatic heterocycles. The highest BCUT2D eigenvalue weighted by molar-refractivity contribution is 9.11. The van der Waals surface area contributed by atoms with Crippen LogP contribution in [0.25, 0.3) is 0 Å². The molecule has 186 valence electrons. The van der Waals surface area contributed by atoms with E-state index in [1.165, 1.54) is 0 Å². The third-order valence-corrected chi connectivity index (χ3v) is 11.0. The van der Waals surface area contributed by atoms with Gasteiger partial charge in [-0.1, -0.05) is 79.9 Å². The summed E-state index contributed by atoms with van der Waals surface area (Å²) in [7, 11) is -0.0907. The second-order valence-electron chi connectivity index (χ2n) is 10.3. The summed E-state index contributed by atoms with van der Waals surface area (Å²) in [5.74, 6) is 0.651. The van der Waals surface area contributed by atoms with Crippen molar-refractivity contribution in [2.45, 2.75) is 79.1 Å². The summed E-state index contributed by atoms with van der Waals surface area (Å²) >= 11 is 3.67. The molecule has 0 aliphatic carbocycles. The van der Waals surface area contributed by atoms with E-state index in [1.54, 1.807) is 7.11 Å². The maximum Gasteiger partial charge on any atom is 0.192 e. The number of allylic oxidation sites excluding steroid dienone is 5. The fraction of sp³-hybridized carbons (Fsp3) is 0.692. The van der Waals surface area contributed by atoms with E-state index in [0.717, 1.165) is 22.0 Å². The maximum absolute atomic E-state index is 9.25. The van der Waals surface area contributed by atoms with Gasteiger partial charge in [-0.2, -0.15) is 0 Å². The molecule has 4 nitrogen and oxygen atoms in total. The van der Waals surface area contributed by atoms with Crippen LogP contribution in [0, 0.1) is 11.8 Å². The molecule has 0 unspecified atom stereocenters. The summed E-state index contributed by atoms with van der Waals surface area (Å²) in [6.07, 6.45) is 11.4. The minimum atomic E-state index is -1.73. The molecule has 0 saturated heterocycles. The molecule has 0 spiro atoms. The van der Waals surface area contributed by atoms with Crippen LogP contribution in [0.1, 0.15) is 54.9 Å². The molecule has 3 atom stereocenters. The first-order chi connectivity index (χ1) is 14.7. The summed E-state index contributed by atoms with van der Waals surface area (Å²) in [4.78, 5) is 0. The fourth-order valence-electron chi connectivity index (χ4n) is 2.94. The van der Waals surface area contributed by atoms with Gasteiger partial charge in [0, 0.05) is 11.6 Å². The molecule has 0 radical (unpaired) electrons. The van der Waals surface area contributed by atoms with Crippen molar-refractivity contribution in [1.82, 2.24) is 0 Å². The lowest BCUT2D eigenvalue weighted by Gasteiger charge is -2.35. The van der Waals surface area contributed by atoms with Crippen LogP contribution in [0.2, 0.25) is 18.1 Å². The van der Waals surface area contributed by atoms with Crippen LogP contribution < -0.4 is 0 Å². The first-order valence-electron chi connectivity index (χ1n) is 11.5. The van der Waals surface area contributed by atoms with Gasteiger partial charge in [0.25, 0.3) is 0 Å². The van der Waals surface area contributed by atoms with Crippen molar-refractivity contribution in [1.29, 1.82) is 0 Å². The number of methoxy groups -OCH3 is 1. The Bertz CT molecular complexity index is 659. The van der Waals surface area contributed by atoms with Gasteiger partial charge in [-0.05, 0) is 62.4 Å². The lowest BCUT2D eigenvalue weighted by molar-refractivity contribution is -0.0726. The Kier molecular flexibility index (Phi) is 15.2. The number of ether oxygens (including phenoxy) is 2. The Labute approximate surface area is 207 Å². The van der Waals surface area contributed by atoms with Gasteiger partial charge < -0.3 is 19.0 Å². The molecule has 0 aliphatic rings. The Balaban J connectivity index is 5.11. The number of hydrogen-bond acceptors (Lipinski definition) is 4. The maximum atomic E-state index is 9.25. The number of halogens is 1. The van der Waals surface area contributed by atoms with Crippen LogP contribution in [-0.4, -0.2) is 46.6 Å². The van der Waals surface area contributed by atoms with E-state index in [1.807, 2.05) is 13.0 Å². The van der Waals surface area contributed by atoms with E-state index in [4.69, 9.17) is 13.9 Å². The third-order valence-electron chi connectivity index (χ3n) is 5.99. The number of aliphatic hydroxyl groups excluding tert-OH is 1. The van der Waals surface area contributed by atoms with Gasteiger partial charge in [-0.25, -0.2) is 0 Å². The second-order valence-corrected chi connectivity index (χ2v) is 16.0. The average molecular weight is 532 g/mol. The van der Waals surface area contributed by atoms with Crippen molar-refractivity contribution in [3.05, 3.63) is 46.0 Å². The SMILES string of the molecule is COCO[C@H](/C=C(Br)/C=C/C(C)=C/CO[Si](C)(C)C(C)(C)C)[C@@H](C)C[C@H](C)/C=C(\C)CO. The molecular weight excluding hydrogens is 484 g/mol. The Morgan fingerprint density at radius 2 is 1.72 bits per heavy atom. The predicted molar refractivity (Wildman–Crippen MR) is 144 cm³/mol. The fourth-order valence-corrected chi connectivity index (χ4v) is 4.27. The molecule has 0 amide bonds. The van der Waals surface area contributed by atoms with Crippen molar-refractivity contribution in [3.8, 4) is 0 Å². The van der Waals surface area contributed by atoms with Crippen LogP contribution in [0.5, 0.6) is 0 Å². The molecular formula is C26H47BrO4Si. The number of hydrogen-bond donors (Lipinski definition) is 1. The number of aliphatic hydroxyl groups is 1. The monoisotopic (exact) mass is 530 g/mol. The van der Waals surface area contributed by atoms with Gasteiger partial charge in [-0.15, -0.1) is 0 Å². The highest BCUT2D eigenvalue weighted by atomic mass is 79.9. The molecule has 0 heterocycles. The van der Waals surface area contributed by atoms with Gasteiger partial charge in [0.05, 0.1) is 19.3 Å². The largest absolute Gasteiger partial charge is 0.413 e. The van der Waals surface area contributed by atoms with Crippen LogP contribution in [0.3, 0.4) is 0 Å². The first kappa shape index (κ1) is 31.5. The average Bonchev–Trinajstić information content (AvgIpc) is 2.68. The summed E-state index contributed by atoms with van der Waals surface area (Å²) in [5.41, 5.74) is 2.16. The lowest BCUT2D eigenvalue weighted by Crippen LogP contribution is -2.40. The van der Waals surface area contributed by atoms with Gasteiger partial charge in [0.1, 0.15) is 6.79 Å². The van der Waals surface area contributed by atoms with E-state index >= 15 is 0 Å². The zero-order valence-corrected chi connectivity index (χ0v) is 24.6. The Morgan fingerprint density at radius 1 is 1.09 bits per heavy atom. The van der Waals surface area contributed by atoms with Crippen molar-refractivity contribution in [2.75, 3.05) is 27.1 Å². The Morgan fingerprint density at radius 3 is 2.25 bits per heavy atom. The molecule has 0 aromatic carbocycles. The lowest BCUT2D eigenvalue weighted by atomic mass is 9.91. The van der Waals surface area contributed by atoms with E-state index in [9.17, 15) is 5.11 Å². The third kappa shape index (κ3) is 13.3. The standard InChI is InChI=1S/C26H47BrO4Si/c1-20(13-14-31-32(9,10)26(5,6)7)11-12-24(27)17-25(30-19-29-8)23(4)16-21(2)15-22(3)18-28/h11-13,15,17,21,23,25,28H,14,16,18-19H2,1-10H3/b12-11+,20-13+,22-15+,24-17-/t21-,23+,25-/m1/s1. The minimum absolute atomic E-state index is 0.0783. The van der Waals surface area contributed by atoms with E-state index in [-0.39, 0.29) is 24.5 Å². The molecule has 0 aromatic rings. The van der Waals surface area contributed by atoms with Crippen molar-refractivity contribution in [2.24, 2.45) is 11.8 Å². The van der Waals surface area contributed by atoms with Crippen LogP contribution in [0.4, 0.5) is 0 Å². The molecule has 0 rings (SSSR count). The summed E-state index contributed by atoms with van der Waals surface area (Å²) in [6.45, 7) is 20.7. The minimum Gasteiger partial charge on any atom is -0.413 e. The zero-order chi connectivity index (χ0) is 24.9. The highest BCUT2D eigenvalue weighted by Gasteiger charge is 2.36. The van der Waals surface area contributed by atoms with Gasteiger partial charge >= 0.3 is 0 Å². The van der Waals surface area contributed by atoms with Crippen LogP contribution >= 0.6 is 15.9 Å². The van der Waals surface area contributed by atoms with E-state index < -0.39 is 8.32 Å². The zero-order valence-electron chi connectivity index (χ0n) is 22.0. The molecule has 6 heteroatoms. The van der Waals surface area contributed by atoms with Gasteiger partial charge in [-0.3, -0.25) is 0 Å². The highest BCUT2D eigenvalue weighted by Crippen LogP contribution is 2.36. The second kappa shape index (κ2) is 15.4. The van der Waals surface area contributed by atoms with Crippen LogP contribution in [-0.2, 0) is 13.9 Å². The predicted octanol–water partition coefficient (Wildman–Crippen LogP) is 7.38. The van der Waals surface area contributed by atoms with Crippen LogP contribution in [0.15, 0.2) is 46.0 Å². The molecule has 0 saturated carbocycles. The summed E-state index contributed by atoms with van der Waals surface area (Å²) < 4.78 is 18.3. The molecule has 0 aliphatic heterocycles. The molecule has 1 N–H and O–H groups in total. The van der Waals surface area contributed by atoms with Crippen molar-refractivity contribution in [3.63, 3.8) is 0 Å². The van der Waals surface area contributed by atoms with Gasteiger partial charge in [0.15, 0.2) is 8.32 Å². The quantitative estimate of drug-likeness (QED) is 0.110. The summed E-state index contributed by atoms with van der Waals surface area (Å²) in [5, 5.41) is 9.47. The normalized spacial score (nSPS) is 17.7. The topological polar surface area (TPSA) is 47.9 Å². The van der Waals surface area contributed by atoms with Crippen molar-refractivity contribution >= 4 is 24.2 Å². The molecule has 0 fully saturated rings. The smallest absolute Gasteiger partial charge is 0.192 e. The molecule has 0 bridgehead atoms. The molecule has 32 heavy (non-hydrogen) atoms. The van der Waals surface area contributed by atoms with Gasteiger partial charge in [0.2, 0.25) is 0 Å². The van der Waals surface area contributed by atoms with Crippen molar-refractivity contribution < 1.29 is 19.0 Å².